The minimum atomic E-state index is -4.20. The standard InChI is InChI=1S/C25H28N8O7S/c34-12-18-20(36)21(37)24(40-18)31-13-26-19-22(28-15-6-4-5-7-15)29-25(30-23(19)31)32-11-16(10-27-32)33(14-35)41(38,39)17-8-2-1-3-9-17/h1-3,8-11,13-15,18,20-21,24,34,36-37H,4-7,12H2,(H,28,29,30)/t18-,20-,21-,24-/m1/s1. The Labute approximate surface area is 234 Å². The van der Waals surface area contributed by atoms with Gasteiger partial charge in [-0.25, -0.2) is 22.4 Å². The minimum absolute atomic E-state index is 0.0284. The normalized spacial score (nSPS) is 23.3. The maximum atomic E-state index is 13.1. The monoisotopic (exact) mass is 584 g/mol. The van der Waals surface area contributed by atoms with Crippen molar-refractivity contribution in [3.63, 3.8) is 0 Å². The summed E-state index contributed by atoms with van der Waals surface area (Å²) in [6, 6.07) is 7.68. The predicted octanol–water partition coefficient (Wildman–Crippen LogP) is 0.330. The van der Waals surface area contributed by atoms with Gasteiger partial charge < -0.3 is 25.4 Å². The van der Waals surface area contributed by atoms with E-state index in [0.717, 1.165) is 25.7 Å². The minimum Gasteiger partial charge on any atom is -0.394 e. The smallest absolute Gasteiger partial charge is 0.270 e. The number of ether oxygens (including phenoxy) is 1. The molecule has 15 nitrogen and oxygen atoms in total. The fourth-order valence-corrected chi connectivity index (χ4v) is 6.38. The summed E-state index contributed by atoms with van der Waals surface area (Å²) in [4.78, 5) is 25.5. The van der Waals surface area contributed by atoms with E-state index < -0.39 is 41.2 Å². The molecule has 4 N–H and O–H groups in total. The molecule has 41 heavy (non-hydrogen) atoms. The van der Waals surface area contributed by atoms with Gasteiger partial charge in [0.15, 0.2) is 23.2 Å². The molecular weight excluding hydrogens is 556 g/mol. The van der Waals surface area contributed by atoms with Gasteiger partial charge in [0.2, 0.25) is 6.41 Å². The Balaban J connectivity index is 1.42. The highest BCUT2D eigenvalue weighted by Gasteiger charge is 2.44. The third-order valence-corrected chi connectivity index (χ3v) is 9.00. The van der Waals surface area contributed by atoms with Crippen molar-refractivity contribution < 1.29 is 33.3 Å². The Hall–Kier alpha value is -3.96. The molecule has 1 aliphatic heterocycles. The average Bonchev–Trinajstić information content (AvgIpc) is 3.78. The van der Waals surface area contributed by atoms with Gasteiger partial charge in [-0.1, -0.05) is 31.0 Å². The van der Waals surface area contributed by atoms with Crippen LogP contribution in [0.4, 0.5) is 11.5 Å². The lowest BCUT2D eigenvalue weighted by atomic mass is 10.1. The van der Waals surface area contributed by atoms with Gasteiger partial charge in [-0.3, -0.25) is 9.36 Å². The van der Waals surface area contributed by atoms with Gasteiger partial charge in [-0.15, -0.1) is 0 Å². The highest BCUT2D eigenvalue weighted by Crippen LogP contribution is 2.33. The number of fused-ring (bicyclic) bond motifs is 1. The van der Waals surface area contributed by atoms with Crippen LogP contribution in [0.5, 0.6) is 0 Å². The van der Waals surface area contributed by atoms with E-state index in [9.17, 15) is 28.5 Å². The molecule has 6 rings (SSSR count). The van der Waals surface area contributed by atoms with Gasteiger partial charge in [-0.2, -0.15) is 15.1 Å². The summed E-state index contributed by atoms with van der Waals surface area (Å²) in [5.74, 6) is 0.421. The lowest BCUT2D eigenvalue weighted by Crippen LogP contribution is -2.33. The molecule has 16 heteroatoms. The van der Waals surface area contributed by atoms with Crippen LogP contribution in [0.15, 0.2) is 53.9 Å². The number of anilines is 2. The SMILES string of the molecule is O=CN(c1cnn(-c2nc(NC3CCCC3)c3ncn([C@@H]4O[C@H](CO)[C@@H](O)[C@H]4O)c3n2)c1)S(=O)(=O)c1ccccc1. The molecule has 0 unspecified atom stereocenters. The van der Waals surface area contributed by atoms with E-state index in [-0.39, 0.29) is 34.6 Å². The number of imidazole rings is 1. The van der Waals surface area contributed by atoms with E-state index in [1.165, 1.54) is 40.1 Å². The van der Waals surface area contributed by atoms with Crippen molar-refractivity contribution in [2.45, 2.75) is 61.2 Å². The molecule has 4 aromatic rings. The Morgan fingerprint density at radius 1 is 1.12 bits per heavy atom. The van der Waals surface area contributed by atoms with Crippen LogP contribution in [-0.2, 0) is 19.6 Å². The topological polar surface area (TPSA) is 198 Å². The van der Waals surface area contributed by atoms with Crippen LogP contribution in [0.2, 0.25) is 0 Å². The number of nitrogens with zero attached hydrogens (tertiary/aromatic N) is 7. The summed E-state index contributed by atoms with van der Waals surface area (Å²) < 4.78 is 35.2. The number of benzene rings is 1. The zero-order valence-electron chi connectivity index (χ0n) is 21.6. The lowest BCUT2D eigenvalue weighted by molar-refractivity contribution is -0.106. The number of sulfonamides is 1. The van der Waals surface area contributed by atoms with E-state index >= 15 is 0 Å². The number of carbonyl (C=O) groups excluding carboxylic acids is 1. The molecule has 0 bridgehead atoms. The van der Waals surface area contributed by atoms with Crippen molar-refractivity contribution >= 4 is 39.1 Å². The van der Waals surface area contributed by atoms with E-state index in [4.69, 9.17) is 4.74 Å². The molecule has 3 aromatic heterocycles. The molecule has 4 atom stereocenters. The van der Waals surface area contributed by atoms with Gasteiger partial charge in [0.25, 0.3) is 16.0 Å². The highest BCUT2D eigenvalue weighted by molar-refractivity contribution is 7.93. The third kappa shape index (κ3) is 4.82. The van der Waals surface area contributed by atoms with Crippen molar-refractivity contribution in [3.05, 3.63) is 49.1 Å². The van der Waals surface area contributed by atoms with Crippen LogP contribution in [0.1, 0.15) is 31.9 Å². The first kappa shape index (κ1) is 27.2. The summed E-state index contributed by atoms with van der Waals surface area (Å²) >= 11 is 0. The summed E-state index contributed by atoms with van der Waals surface area (Å²) in [6.45, 7) is -0.495. The number of nitrogens with one attached hydrogen (secondary N) is 1. The van der Waals surface area contributed by atoms with Gasteiger partial charge in [0.05, 0.1) is 35.9 Å². The average molecular weight is 585 g/mol. The fourth-order valence-electron chi connectivity index (χ4n) is 5.17. The molecule has 1 amide bonds. The van der Waals surface area contributed by atoms with Crippen molar-refractivity contribution in [1.82, 2.24) is 29.3 Å². The van der Waals surface area contributed by atoms with Gasteiger partial charge in [0, 0.05) is 6.04 Å². The number of aromatic nitrogens is 6. The number of hydrogen-bond donors (Lipinski definition) is 4. The molecule has 2 fully saturated rings. The first-order valence-corrected chi connectivity index (χ1v) is 14.5. The lowest BCUT2D eigenvalue weighted by Gasteiger charge is -2.18. The van der Waals surface area contributed by atoms with Crippen LogP contribution in [0.3, 0.4) is 0 Å². The number of rotatable bonds is 9. The van der Waals surface area contributed by atoms with Crippen LogP contribution < -0.4 is 9.62 Å². The Morgan fingerprint density at radius 3 is 2.56 bits per heavy atom. The summed E-state index contributed by atoms with van der Waals surface area (Å²) in [5, 5.41) is 38.1. The molecule has 1 saturated carbocycles. The second-order valence-corrected chi connectivity index (χ2v) is 11.7. The molecule has 1 saturated heterocycles. The number of hydrogen-bond acceptors (Lipinski definition) is 12. The maximum absolute atomic E-state index is 13.1. The van der Waals surface area contributed by atoms with Crippen molar-refractivity contribution in [2.24, 2.45) is 0 Å². The number of carbonyl (C=O) groups is 1. The second kappa shape index (κ2) is 10.8. The molecular formula is C25H28N8O7S. The quantitative estimate of drug-likeness (QED) is 0.197. The number of aliphatic hydroxyl groups excluding tert-OH is 3. The molecule has 1 aromatic carbocycles. The molecule has 2 aliphatic rings. The Kier molecular flexibility index (Phi) is 7.16. The van der Waals surface area contributed by atoms with Crippen molar-refractivity contribution in [3.8, 4) is 5.95 Å². The van der Waals surface area contributed by atoms with Gasteiger partial charge in [0.1, 0.15) is 18.3 Å². The van der Waals surface area contributed by atoms with Gasteiger partial charge in [-0.05, 0) is 25.0 Å². The zero-order valence-corrected chi connectivity index (χ0v) is 22.4. The molecule has 0 spiro atoms. The second-order valence-electron chi connectivity index (χ2n) is 9.91. The van der Waals surface area contributed by atoms with E-state index in [1.807, 2.05) is 0 Å². The number of amides is 1. The summed E-state index contributed by atoms with van der Waals surface area (Å²) in [7, 11) is -4.20. The molecule has 216 valence electrons. The maximum Gasteiger partial charge on any atom is 0.270 e. The van der Waals surface area contributed by atoms with E-state index in [1.54, 1.807) is 18.2 Å². The summed E-state index contributed by atoms with van der Waals surface area (Å²) in [6.07, 6.45) is 3.33. The first-order chi connectivity index (χ1) is 19.8. The van der Waals surface area contributed by atoms with Crippen LogP contribution in [-0.4, -0.2) is 90.4 Å². The van der Waals surface area contributed by atoms with E-state index in [0.29, 0.717) is 15.6 Å². The van der Waals surface area contributed by atoms with Crippen LogP contribution in [0.25, 0.3) is 17.1 Å². The highest BCUT2D eigenvalue weighted by atomic mass is 32.2. The number of aliphatic hydroxyl groups is 3. The first-order valence-electron chi connectivity index (χ1n) is 13.0. The van der Waals surface area contributed by atoms with Gasteiger partial charge >= 0.3 is 0 Å². The van der Waals surface area contributed by atoms with Crippen molar-refractivity contribution in [1.29, 1.82) is 0 Å². The van der Waals surface area contributed by atoms with Crippen LogP contribution >= 0.6 is 0 Å². The summed E-state index contributed by atoms with van der Waals surface area (Å²) in [5.41, 5.74) is 0.591. The Morgan fingerprint density at radius 2 is 1.88 bits per heavy atom. The van der Waals surface area contributed by atoms with E-state index in [2.05, 4.69) is 25.4 Å². The van der Waals surface area contributed by atoms with Crippen LogP contribution in [0, 0.1) is 0 Å². The molecule has 4 heterocycles. The molecule has 1 aliphatic carbocycles. The molecule has 0 radical (unpaired) electrons. The van der Waals surface area contributed by atoms with Crippen molar-refractivity contribution in [2.75, 3.05) is 16.2 Å². The Bertz CT molecular complexity index is 1650. The predicted molar refractivity (Wildman–Crippen MR) is 144 cm³/mol. The fraction of sp³-hybridized carbons (Fsp3) is 0.400. The largest absolute Gasteiger partial charge is 0.394 e. The zero-order chi connectivity index (χ0) is 28.7. The third-order valence-electron chi connectivity index (χ3n) is 7.32.